The van der Waals surface area contributed by atoms with E-state index in [1.165, 1.54) is 11.3 Å². The van der Waals surface area contributed by atoms with Crippen molar-refractivity contribution in [2.75, 3.05) is 42.3 Å². The Labute approximate surface area is 200 Å². The van der Waals surface area contributed by atoms with Gasteiger partial charge in [-0.1, -0.05) is 0 Å². The fourth-order valence-electron chi connectivity index (χ4n) is 4.79. The van der Waals surface area contributed by atoms with Gasteiger partial charge in [-0.25, -0.2) is 15.0 Å². The second-order valence-electron chi connectivity index (χ2n) is 9.07. The van der Waals surface area contributed by atoms with Crippen LogP contribution in [0.2, 0.25) is 0 Å². The van der Waals surface area contributed by atoms with Crippen LogP contribution in [0.3, 0.4) is 0 Å². The summed E-state index contributed by atoms with van der Waals surface area (Å²) < 4.78 is 5.45. The normalized spacial score (nSPS) is 17.2. The van der Waals surface area contributed by atoms with Crippen molar-refractivity contribution < 1.29 is 12.4 Å². The Morgan fingerprint density at radius 2 is 1.97 bits per heavy atom. The number of carbonyl (C=O) groups excluding carboxylic acids is 1. The second-order valence-corrected chi connectivity index (χ2v) is 9.07. The molecule has 0 radical (unpaired) electrons. The number of fused-ring (bicyclic) bond motifs is 3. The van der Waals surface area contributed by atoms with E-state index in [0.29, 0.717) is 24.1 Å². The number of ether oxygens (including phenoxy) is 1. The number of hydrogen-bond donors (Lipinski definition) is 2. The summed E-state index contributed by atoms with van der Waals surface area (Å²) >= 11 is 0. The fraction of sp³-hybridized carbons (Fsp3) is 0.375. The minimum absolute atomic E-state index is 0. The summed E-state index contributed by atoms with van der Waals surface area (Å²) in [6.07, 6.45) is 7.39. The van der Waals surface area contributed by atoms with Crippen LogP contribution in [-0.2, 0) is 30.7 Å². The van der Waals surface area contributed by atoms with Crippen molar-refractivity contribution in [1.29, 1.82) is 0 Å². The van der Waals surface area contributed by atoms with Gasteiger partial charge in [0.05, 0.1) is 36.0 Å². The number of nitrogens with zero attached hydrogens (tertiary/aromatic N) is 6. The van der Waals surface area contributed by atoms with E-state index in [-0.39, 0.29) is 15.4 Å². The van der Waals surface area contributed by atoms with E-state index >= 15 is 0 Å². The number of hydrogen-bond acceptors (Lipinski definition) is 9. The molecule has 2 N–H and O–H groups in total. The largest absolute Gasteiger partial charge is 0.466 e. The Morgan fingerprint density at radius 1 is 1.06 bits per heavy atom. The lowest BCUT2D eigenvalue weighted by Crippen LogP contribution is -2.33. The number of rotatable bonds is 3. The van der Waals surface area contributed by atoms with E-state index in [2.05, 4.69) is 48.5 Å². The molecule has 3 aromatic rings. The Bertz CT molecular complexity index is 1310. The highest BCUT2D eigenvalue weighted by molar-refractivity contribution is 5.96. The molecule has 6 heterocycles. The third-order valence-electron chi connectivity index (χ3n) is 6.65. The topological polar surface area (TPSA) is 108 Å². The molecule has 0 aliphatic carbocycles. The third kappa shape index (κ3) is 3.79. The molecule has 178 valence electrons. The number of amides is 1. The summed E-state index contributed by atoms with van der Waals surface area (Å²) in [5.74, 6) is 0.870. The first-order valence-corrected chi connectivity index (χ1v) is 11.5. The van der Waals surface area contributed by atoms with Crippen molar-refractivity contribution in [3.63, 3.8) is 0 Å². The number of anilines is 4. The standard InChI is InChI=1S/C24H26N8O2.2H2/c1-14-20(10-26-23-22(14)30-21(33)13-34-23)32-6-3-15-8-27-24(29-19(15)12-32)28-17-7-16-11-31(2)5-4-18(16)25-9-17;;/h7-10H,3-6,11-13H2,1-2H3,(H,30,33)(H,27,28,29);2*1H. The van der Waals surface area contributed by atoms with E-state index in [0.717, 1.165) is 60.7 Å². The molecule has 34 heavy (non-hydrogen) atoms. The van der Waals surface area contributed by atoms with Crippen LogP contribution in [-0.4, -0.2) is 57.5 Å². The molecule has 0 atom stereocenters. The molecule has 0 unspecified atom stereocenters. The van der Waals surface area contributed by atoms with Crippen LogP contribution in [0, 0.1) is 6.92 Å². The lowest BCUT2D eigenvalue weighted by Gasteiger charge is -2.32. The monoisotopic (exact) mass is 462 g/mol. The highest BCUT2D eigenvalue weighted by Crippen LogP contribution is 2.36. The quantitative estimate of drug-likeness (QED) is 0.607. The van der Waals surface area contributed by atoms with Gasteiger partial charge >= 0.3 is 0 Å². The first-order valence-electron chi connectivity index (χ1n) is 11.5. The predicted octanol–water partition coefficient (Wildman–Crippen LogP) is 2.69. The van der Waals surface area contributed by atoms with Gasteiger partial charge < -0.3 is 25.2 Å². The Kier molecular flexibility index (Phi) is 5.02. The van der Waals surface area contributed by atoms with E-state index in [1.54, 1.807) is 0 Å². The number of nitrogens with one attached hydrogen (secondary N) is 2. The molecule has 1 amide bonds. The second kappa shape index (κ2) is 8.21. The summed E-state index contributed by atoms with van der Waals surface area (Å²) in [4.78, 5) is 34.8. The van der Waals surface area contributed by atoms with Crippen molar-refractivity contribution in [3.05, 3.63) is 52.7 Å². The zero-order valence-electron chi connectivity index (χ0n) is 19.3. The first-order chi connectivity index (χ1) is 16.5. The highest BCUT2D eigenvalue weighted by atomic mass is 16.5. The van der Waals surface area contributed by atoms with Gasteiger partial charge in [0.2, 0.25) is 11.8 Å². The third-order valence-corrected chi connectivity index (χ3v) is 6.65. The van der Waals surface area contributed by atoms with E-state index in [1.807, 2.05) is 25.5 Å². The van der Waals surface area contributed by atoms with Crippen LogP contribution in [0.25, 0.3) is 0 Å². The number of pyridine rings is 2. The van der Waals surface area contributed by atoms with E-state index in [4.69, 9.17) is 9.72 Å². The van der Waals surface area contributed by atoms with Gasteiger partial charge in [-0.15, -0.1) is 0 Å². The van der Waals surface area contributed by atoms with Gasteiger partial charge in [-0.3, -0.25) is 9.78 Å². The molecule has 3 aromatic heterocycles. The summed E-state index contributed by atoms with van der Waals surface area (Å²) in [7, 11) is 2.13. The van der Waals surface area contributed by atoms with E-state index in [9.17, 15) is 4.79 Å². The summed E-state index contributed by atoms with van der Waals surface area (Å²) in [6, 6.07) is 2.14. The summed E-state index contributed by atoms with van der Waals surface area (Å²) in [5.41, 5.74) is 7.99. The molecule has 3 aliphatic heterocycles. The van der Waals surface area contributed by atoms with Crippen LogP contribution >= 0.6 is 0 Å². The molecule has 0 fully saturated rings. The summed E-state index contributed by atoms with van der Waals surface area (Å²) in [6.45, 7) is 5.37. The van der Waals surface area contributed by atoms with Crippen molar-refractivity contribution in [2.24, 2.45) is 0 Å². The molecule has 10 nitrogen and oxygen atoms in total. The molecule has 6 rings (SSSR count). The highest BCUT2D eigenvalue weighted by Gasteiger charge is 2.26. The molecule has 0 saturated carbocycles. The van der Waals surface area contributed by atoms with Gasteiger partial charge in [-0.05, 0) is 37.6 Å². The minimum Gasteiger partial charge on any atom is -0.466 e. The summed E-state index contributed by atoms with van der Waals surface area (Å²) in [5, 5.41) is 6.22. The lowest BCUT2D eigenvalue weighted by atomic mass is 10.0. The molecule has 0 spiro atoms. The molecule has 10 heteroatoms. The SMILES string of the molecule is Cc1c(N2CCc3cnc(Nc4cnc5c(c4)CN(C)CC5)nc3C2)cnc2c1NC(=O)CO2.[HH].[HH]. The number of carbonyl (C=O) groups is 1. The molecule has 3 aliphatic rings. The Hall–Kier alpha value is -3.79. The zero-order chi connectivity index (χ0) is 23.2. The lowest BCUT2D eigenvalue weighted by molar-refractivity contribution is -0.118. The fourth-order valence-corrected chi connectivity index (χ4v) is 4.79. The smallest absolute Gasteiger partial charge is 0.262 e. The van der Waals surface area contributed by atoms with Crippen LogP contribution in [0.5, 0.6) is 5.88 Å². The van der Waals surface area contributed by atoms with Crippen molar-refractivity contribution in [2.45, 2.75) is 32.9 Å². The van der Waals surface area contributed by atoms with Gasteiger partial charge in [0, 0.05) is 46.4 Å². The van der Waals surface area contributed by atoms with E-state index < -0.39 is 0 Å². The first kappa shape index (κ1) is 20.8. The molecule has 0 aromatic carbocycles. The average Bonchev–Trinajstić information content (AvgIpc) is 2.84. The maximum atomic E-state index is 11.8. The predicted molar refractivity (Wildman–Crippen MR) is 132 cm³/mol. The van der Waals surface area contributed by atoms with Crippen LogP contribution in [0.1, 0.15) is 30.9 Å². The Balaban J connectivity index is 0.00000152. The van der Waals surface area contributed by atoms with Gasteiger partial charge in [0.15, 0.2) is 6.61 Å². The zero-order valence-corrected chi connectivity index (χ0v) is 19.3. The van der Waals surface area contributed by atoms with Crippen LogP contribution in [0.4, 0.5) is 23.0 Å². The van der Waals surface area contributed by atoms with Gasteiger partial charge in [0.25, 0.3) is 5.91 Å². The van der Waals surface area contributed by atoms with Crippen LogP contribution < -0.4 is 20.3 Å². The number of likely N-dealkylation sites (N-methyl/N-ethyl adjacent to an activating group) is 1. The minimum atomic E-state index is -0.162. The van der Waals surface area contributed by atoms with Gasteiger partial charge in [-0.2, -0.15) is 0 Å². The number of aromatic nitrogens is 4. The molecule has 0 bridgehead atoms. The molecule has 0 saturated heterocycles. The maximum Gasteiger partial charge on any atom is 0.262 e. The average molecular weight is 463 g/mol. The Morgan fingerprint density at radius 3 is 2.88 bits per heavy atom. The van der Waals surface area contributed by atoms with Crippen molar-refractivity contribution in [3.8, 4) is 5.88 Å². The van der Waals surface area contributed by atoms with Crippen molar-refractivity contribution >= 4 is 28.9 Å². The molecular weight excluding hydrogens is 432 g/mol. The van der Waals surface area contributed by atoms with Crippen LogP contribution in [0.15, 0.2) is 24.7 Å². The van der Waals surface area contributed by atoms with Crippen molar-refractivity contribution in [1.82, 2.24) is 24.8 Å². The maximum absolute atomic E-state index is 11.8. The van der Waals surface area contributed by atoms with Gasteiger partial charge in [0.1, 0.15) is 5.69 Å². The molecular formula is C24H30N8O2.